The van der Waals surface area contributed by atoms with Crippen LogP contribution in [-0.2, 0) is 5.41 Å². The largest absolute Gasteiger partial charge is 0.355 e. The molecule has 2 aromatic heterocycles. The Morgan fingerprint density at radius 2 is 1.79 bits per heavy atom. The highest BCUT2D eigenvalue weighted by Gasteiger charge is 2.66. The summed E-state index contributed by atoms with van der Waals surface area (Å²) in [6.45, 7) is 6.45. The molecule has 1 saturated carbocycles. The van der Waals surface area contributed by atoms with E-state index in [1.54, 1.807) is 6.07 Å². The molecule has 2 aliphatic carbocycles. The molecule has 1 aliphatic heterocycles. The molecule has 3 heterocycles. The zero-order valence-electron chi connectivity index (χ0n) is 19.2. The lowest BCUT2D eigenvalue weighted by Crippen LogP contribution is -2.50. The number of halogens is 3. The number of piperidine rings is 1. The first kappa shape index (κ1) is 21.8. The van der Waals surface area contributed by atoms with Gasteiger partial charge in [-0.2, -0.15) is 10.2 Å². The first-order chi connectivity index (χ1) is 16.3. The fraction of sp³-hybridized carbons (Fsp3) is 0.462. The first-order valence-electron chi connectivity index (χ1n) is 11.9. The van der Waals surface area contributed by atoms with Crippen molar-refractivity contribution in [1.29, 1.82) is 0 Å². The van der Waals surface area contributed by atoms with Crippen LogP contribution in [0.5, 0.6) is 0 Å². The summed E-state index contributed by atoms with van der Waals surface area (Å²) in [5, 5.41) is 17.8. The lowest BCUT2D eigenvalue weighted by Gasteiger charge is -2.48. The van der Waals surface area contributed by atoms with E-state index in [2.05, 4.69) is 34.0 Å². The molecule has 2 bridgehead atoms. The lowest BCUT2D eigenvalue weighted by atomic mass is 9.59. The van der Waals surface area contributed by atoms with E-state index in [9.17, 15) is 8.78 Å². The average Bonchev–Trinajstić information content (AvgIpc) is 3.21. The van der Waals surface area contributed by atoms with Gasteiger partial charge in [-0.25, -0.2) is 8.78 Å². The average molecular weight is 482 g/mol. The Hall–Kier alpha value is -2.67. The summed E-state index contributed by atoms with van der Waals surface area (Å²) in [5.74, 6) is 0.270. The molecule has 0 N–H and O–H groups in total. The van der Waals surface area contributed by atoms with Gasteiger partial charge in [-0.15, -0.1) is 10.2 Å². The summed E-state index contributed by atoms with van der Waals surface area (Å²) in [6.07, 6.45) is 4.24. The number of benzene rings is 1. The maximum Gasteiger partial charge on any atom is 0.151 e. The van der Waals surface area contributed by atoms with Crippen molar-refractivity contribution in [3.05, 3.63) is 64.4 Å². The quantitative estimate of drug-likeness (QED) is 0.463. The third kappa shape index (κ3) is 2.95. The predicted octanol–water partition coefficient (Wildman–Crippen LogP) is 5.94. The molecular weight excluding hydrogens is 456 g/mol. The Kier molecular flexibility index (Phi) is 4.93. The Bertz CT molecular complexity index is 1240. The number of nitrogens with zero attached hydrogens (tertiary/aromatic N) is 5. The van der Waals surface area contributed by atoms with Crippen molar-refractivity contribution >= 4 is 17.4 Å². The summed E-state index contributed by atoms with van der Waals surface area (Å²) < 4.78 is 29.0. The molecule has 0 unspecified atom stereocenters. The van der Waals surface area contributed by atoms with Gasteiger partial charge in [0, 0.05) is 18.5 Å². The second-order valence-corrected chi connectivity index (χ2v) is 10.8. The number of aromatic nitrogens is 4. The number of rotatable bonds is 3. The molecule has 8 heteroatoms. The van der Waals surface area contributed by atoms with Crippen molar-refractivity contribution in [2.24, 2.45) is 11.3 Å². The Morgan fingerprint density at radius 3 is 2.53 bits per heavy atom. The summed E-state index contributed by atoms with van der Waals surface area (Å²) in [6, 6.07) is 9.50. The van der Waals surface area contributed by atoms with Gasteiger partial charge >= 0.3 is 0 Å². The molecule has 1 aromatic carbocycles. The molecule has 0 radical (unpaired) electrons. The van der Waals surface area contributed by atoms with Crippen LogP contribution in [0.15, 0.2) is 36.4 Å². The molecule has 5 nitrogen and oxygen atoms in total. The molecule has 3 atom stereocenters. The van der Waals surface area contributed by atoms with Gasteiger partial charge in [0.05, 0.1) is 17.0 Å². The molecule has 0 spiro atoms. The van der Waals surface area contributed by atoms with Crippen molar-refractivity contribution in [3.63, 3.8) is 0 Å². The molecule has 6 rings (SSSR count). The van der Waals surface area contributed by atoms with E-state index in [4.69, 9.17) is 16.7 Å². The van der Waals surface area contributed by atoms with Crippen LogP contribution in [-0.4, -0.2) is 33.5 Å². The molecule has 1 saturated heterocycles. The van der Waals surface area contributed by atoms with Gasteiger partial charge in [-0.05, 0) is 78.8 Å². The maximum absolute atomic E-state index is 14.5. The summed E-state index contributed by atoms with van der Waals surface area (Å²) in [5.41, 5.74) is 2.13. The topological polar surface area (TPSA) is 54.8 Å². The Morgan fingerprint density at radius 1 is 1.00 bits per heavy atom. The lowest BCUT2D eigenvalue weighted by molar-refractivity contribution is 0.112. The van der Waals surface area contributed by atoms with Crippen LogP contribution in [0, 0.1) is 23.0 Å². The van der Waals surface area contributed by atoms with Crippen molar-refractivity contribution in [2.75, 3.05) is 18.0 Å². The van der Waals surface area contributed by atoms with Gasteiger partial charge in [0.25, 0.3) is 0 Å². The van der Waals surface area contributed by atoms with E-state index in [0.29, 0.717) is 11.1 Å². The van der Waals surface area contributed by atoms with E-state index >= 15 is 0 Å². The minimum atomic E-state index is -0.613. The van der Waals surface area contributed by atoms with Crippen LogP contribution in [0.4, 0.5) is 14.6 Å². The number of hydrogen-bond acceptors (Lipinski definition) is 5. The van der Waals surface area contributed by atoms with Crippen molar-refractivity contribution in [2.45, 2.75) is 50.9 Å². The highest BCUT2D eigenvalue weighted by molar-refractivity contribution is 6.29. The predicted molar refractivity (Wildman–Crippen MR) is 127 cm³/mol. The first-order valence-corrected chi connectivity index (χ1v) is 12.3. The van der Waals surface area contributed by atoms with Crippen LogP contribution in [0.2, 0.25) is 5.15 Å². The second kappa shape index (κ2) is 7.67. The highest BCUT2D eigenvalue weighted by atomic mass is 35.5. The molecular formula is C26H26ClF2N5. The van der Waals surface area contributed by atoms with Crippen LogP contribution in [0.1, 0.15) is 56.7 Å². The molecule has 34 heavy (non-hydrogen) atoms. The third-order valence-electron chi connectivity index (χ3n) is 8.75. The van der Waals surface area contributed by atoms with E-state index in [-0.39, 0.29) is 28.0 Å². The maximum atomic E-state index is 14.5. The van der Waals surface area contributed by atoms with E-state index in [1.165, 1.54) is 18.2 Å². The minimum absolute atomic E-state index is 0.0320. The summed E-state index contributed by atoms with van der Waals surface area (Å²) >= 11 is 5.95. The fourth-order valence-electron chi connectivity index (χ4n) is 7.21. The van der Waals surface area contributed by atoms with Crippen molar-refractivity contribution in [3.8, 4) is 11.3 Å². The molecule has 3 aromatic rings. The second-order valence-electron chi connectivity index (χ2n) is 10.4. The Labute approximate surface area is 202 Å². The SMILES string of the molecule is CC1(C)[C@H]2CC[C@]1([C@H]1CCCN(c3ccc(Cl)nn3)C1)c1nnc(-c3c(F)cccc3F)cc12. The van der Waals surface area contributed by atoms with E-state index in [0.717, 1.165) is 55.8 Å². The standard InChI is InChI=1S/C26H26ClF2N5/c1-25(2)17-10-11-26(25,15-5-4-12-34(14-15)22-9-8-21(27)31-32-22)24-16(17)13-20(30-33-24)23-18(28)6-3-7-19(23)29/h3,6-9,13,15,17H,4-5,10-12,14H2,1-2H3/t15-,17-,26-/m0/s1. The normalized spacial score (nSPS) is 27.1. The van der Waals surface area contributed by atoms with Gasteiger partial charge in [-0.3, -0.25) is 0 Å². The van der Waals surface area contributed by atoms with E-state index < -0.39 is 11.6 Å². The molecule has 3 aliphatic rings. The minimum Gasteiger partial charge on any atom is -0.355 e. The molecule has 2 fully saturated rings. The smallest absolute Gasteiger partial charge is 0.151 e. The number of fused-ring (bicyclic) bond motifs is 5. The van der Waals surface area contributed by atoms with Crippen LogP contribution < -0.4 is 4.90 Å². The molecule has 0 amide bonds. The monoisotopic (exact) mass is 481 g/mol. The highest BCUT2D eigenvalue weighted by Crippen LogP contribution is 2.70. The van der Waals surface area contributed by atoms with Crippen molar-refractivity contribution in [1.82, 2.24) is 20.4 Å². The summed E-state index contributed by atoms with van der Waals surface area (Å²) in [7, 11) is 0. The van der Waals surface area contributed by atoms with Gasteiger partial charge in [-0.1, -0.05) is 31.5 Å². The van der Waals surface area contributed by atoms with Crippen molar-refractivity contribution < 1.29 is 8.78 Å². The van der Waals surface area contributed by atoms with Gasteiger partial charge < -0.3 is 4.90 Å². The van der Waals surface area contributed by atoms with Gasteiger partial charge in [0.1, 0.15) is 11.6 Å². The molecule has 176 valence electrons. The van der Waals surface area contributed by atoms with Gasteiger partial charge in [0.15, 0.2) is 11.0 Å². The van der Waals surface area contributed by atoms with Gasteiger partial charge in [0.2, 0.25) is 0 Å². The fourth-order valence-corrected chi connectivity index (χ4v) is 7.31. The summed E-state index contributed by atoms with van der Waals surface area (Å²) in [4.78, 5) is 2.30. The Balaban J connectivity index is 1.41. The zero-order chi connectivity index (χ0) is 23.7. The van der Waals surface area contributed by atoms with Crippen LogP contribution in [0.3, 0.4) is 0 Å². The van der Waals surface area contributed by atoms with Crippen LogP contribution in [0.25, 0.3) is 11.3 Å². The van der Waals surface area contributed by atoms with E-state index in [1.807, 2.05) is 12.1 Å². The zero-order valence-corrected chi connectivity index (χ0v) is 20.0. The third-order valence-corrected chi connectivity index (χ3v) is 8.95. The number of anilines is 1. The van der Waals surface area contributed by atoms with Crippen LogP contribution >= 0.6 is 11.6 Å². The number of hydrogen-bond donors (Lipinski definition) is 0.